The van der Waals surface area contributed by atoms with Crippen LogP contribution in [-0.4, -0.2) is 60.4 Å². The molecule has 5 rings (SSSR count). The SMILES string of the molecule is B.C=CCC1C(O)C2(COc3ccccc3-c3noc(C)n3)CCN1CC2. The maximum atomic E-state index is 11.0. The zero-order valence-corrected chi connectivity index (χ0v) is 15.1. The van der Waals surface area contributed by atoms with E-state index < -0.39 is 6.10 Å². The number of aryl methyl sites for hydroxylation is 1. The van der Waals surface area contributed by atoms with Crippen molar-refractivity contribution in [2.24, 2.45) is 5.41 Å². The quantitative estimate of drug-likeness (QED) is 0.617. The third kappa shape index (κ3) is 3.54. The van der Waals surface area contributed by atoms with E-state index in [1.54, 1.807) is 6.92 Å². The minimum Gasteiger partial charge on any atom is -0.492 e. The van der Waals surface area contributed by atoms with E-state index in [2.05, 4.69) is 21.6 Å². The van der Waals surface area contributed by atoms with Gasteiger partial charge in [0.25, 0.3) is 0 Å². The Bertz CT molecular complexity index is 786. The molecule has 0 saturated carbocycles. The van der Waals surface area contributed by atoms with Gasteiger partial charge in [-0.05, 0) is 44.5 Å². The van der Waals surface area contributed by atoms with Gasteiger partial charge >= 0.3 is 0 Å². The number of aromatic nitrogens is 2. The molecule has 0 aliphatic carbocycles. The fourth-order valence-corrected chi connectivity index (χ4v) is 4.29. The number of benzene rings is 1. The van der Waals surface area contributed by atoms with Gasteiger partial charge in [-0.25, -0.2) is 0 Å². The second-order valence-electron chi connectivity index (χ2n) is 7.36. The molecular weight excluding hydrogens is 341 g/mol. The molecule has 2 bridgehead atoms. The summed E-state index contributed by atoms with van der Waals surface area (Å²) in [5.74, 6) is 1.78. The Morgan fingerprint density at radius 3 is 2.78 bits per heavy atom. The Hall–Kier alpha value is -2.12. The van der Waals surface area contributed by atoms with Crippen molar-refractivity contribution in [2.75, 3.05) is 19.7 Å². The van der Waals surface area contributed by atoms with Crippen LogP contribution in [0.1, 0.15) is 25.2 Å². The number of aliphatic hydroxyl groups is 1. The molecule has 4 heterocycles. The molecular formula is C20H28BN3O3. The minimum absolute atomic E-state index is 0. The van der Waals surface area contributed by atoms with Gasteiger partial charge in [0.1, 0.15) is 5.75 Å². The first-order valence-corrected chi connectivity index (χ1v) is 9.18. The average molecular weight is 369 g/mol. The number of aliphatic hydroxyl groups excluding tert-OH is 1. The topological polar surface area (TPSA) is 71.6 Å². The highest BCUT2D eigenvalue weighted by atomic mass is 16.5. The second-order valence-corrected chi connectivity index (χ2v) is 7.36. The maximum absolute atomic E-state index is 11.0. The summed E-state index contributed by atoms with van der Waals surface area (Å²) in [6.45, 7) is 8.11. The van der Waals surface area contributed by atoms with Crippen molar-refractivity contribution >= 4 is 8.41 Å². The van der Waals surface area contributed by atoms with E-state index in [9.17, 15) is 5.11 Å². The van der Waals surface area contributed by atoms with Crippen LogP contribution in [0.4, 0.5) is 0 Å². The summed E-state index contributed by atoms with van der Waals surface area (Å²) in [7, 11) is 0. The average Bonchev–Trinajstić information content (AvgIpc) is 3.10. The van der Waals surface area contributed by atoms with E-state index in [1.807, 2.05) is 30.3 Å². The molecule has 1 aromatic heterocycles. The van der Waals surface area contributed by atoms with Crippen LogP contribution in [0.25, 0.3) is 11.4 Å². The summed E-state index contributed by atoms with van der Waals surface area (Å²) >= 11 is 0. The van der Waals surface area contributed by atoms with Crippen LogP contribution in [0.3, 0.4) is 0 Å². The molecule has 3 fully saturated rings. The molecule has 1 aromatic carbocycles. The van der Waals surface area contributed by atoms with Crippen LogP contribution in [0, 0.1) is 12.3 Å². The summed E-state index contributed by atoms with van der Waals surface area (Å²) in [6, 6.07) is 7.86. The van der Waals surface area contributed by atoms with E-state index in [-0.39, 0.29) is 19.9 Å². The fourth-order valence-electron chi connectivity index (χ4n) is 4.29. The van der Waals surface area contributed by atoms with Crippen molar-refractivity contribution in [2.45, 2.75) is 38.3 Å². The number of para-hydroxylation sites is 1. The summed E-state index contributed by atoms with van der Waals surface area (Å²) in [5, 5.41) is 15.0. The molecule has 2 atom stereocenters. The highest BCUT2D eigenvalue weighted by Gasteiger charge is 2.51. The third-order valence-corrected chi connectivity index (χ3v) is 5.83. The van der Waals surface area contributed by atoms with Gasteiger partial charge in [0, 0.05) is 18.4 Å². The van der Waals surface area contributed by atoms with Crippen LogP contribution in [0.2, 0.25) is 0 Å². The number of rotatable bonds is 6. The zero-order valence-electron chi connectivity index (χ0n) is 15.1. The van der Waals surface area contributed by atoms with Crippen molar-refractivity contribution < 1.29 is 14.4 Å². The molecule has 3 aliphatic heterocycles. The Morgan fingerprint density at radius 2 is 2.11 bits per heavy atom. The van der Waals surface area contributed by atoms with Gasteiger partial charge < -0.3 is 14.4 Å². The molecule has 1 N–H and O–H groups in total. The molecule has 3 saturated heterocycles. The summed E-state index contributed by atoms with van der Waals surface area (Å²) in [6.07, 6.45) is 4.21. The maximum Gasteiger partial charge on any atom is 0.223 e. The Morgan fingerprint density at radius 1 is 1.37 bits per heavy atom. The number of hydrogen-bond acceptors (Lipinski definition) is 6. The largest absolute Gasteiger partial charge is 0.492 e. The van der Waals surface area contributed by atoms with E-state index in [4.69, 9.17) is 9.26 Å². The summed E-state index contributed by atoms with van der Waals surface area (Å²) in [5.41, 5.74) is 0.606. The first-order valence-electron chi connectivity index (χ1n) is 9.18. The van der Waals surface area contributed by atoms with Gasteiger partial charge in [-0.2, -0.15) is 4.98 Å². The lowest BCUT2D eigenvalue weighted by molar-refractivity contribution is -0.146. The van der Waals surface area contributed by atoms with Crippen molar-refractivity contribution in [3.05, 3.63) is 42.8 Å². The fraction of sp³-hybridized carbons (Fsp3) is 0.500. The highest BCUT2D eigenvalue weighted by molar-refractivity contribution is 5.75. The Balaban J connectivity index is 0.00000210. The minimum atomic E-state index is -0.400. The Kier molecular flexibility index (Phi) is 5.72. The predicted octanol–water partition coefficient (Wildman–Crippen LogP) is 1.64. The smallest absolute Gasteiger partial charge is 0.223 e. The van der Waals surface area contributed by atoms with Crippen LogP contribution in [0.5, 0.6) is 5.75 Å². The van der Waals surface area contributed by atoms with Crippen LogP contribution >= 0.6 is 0 Å². The van der Waals surface area contributed by atoms with Gasteiger partial charge in [0.2, 0.25) is 11.7 Å². The predicted molar refractivity (Wildman–Crippen MR) is 108 cm³/mol. The first-order chi connectivity index (χ1) is 12.6. The monoisotopic (exact) mass is 369 g/mol. The van der Waals surface area contributed by atoms with Crippen molar-refractivity contribution in [3.63, 3.8) is 0 Å². The second kappa shape index (κ2) is 7.86. The number of piperidine rings is 3. The van der Waals surface area contributed by atoms with Crippen LogP contribution in [-0.2, 0) is 0 Å². The molecule has 0 radical (unpaired) electrons. The van der Waals surface area contributed by atoms with Gasteiger partial charge in [-0.3, -0.25) is 4.90 Å². The molecule has 3 aliphatic rings. The molecule has 0 spiro atoms. The van der Waals surface area contributed by atoms with E-state index in [0.717, 1.165) is 43.7 Å². The van der Waals surface area contributed by atoms with E-state index in [0.29, 0.717) is 18.3 Å². The Labute approximate surface area is 161 Å². The molecule has 7 heteroatoms. The first kappa shape index (κ1) is 19.6. The molecule has 144 valence electrons. The van der Waals surface area contributed by atoms with Crippen LogP contribution < -0.4 is 4.74 Å². The van der Waals surface area contributed by atoms with E-state index in [1.165, 1.54) is 0 Å². The van der Waals surface area contributed by atoms with Crippen molar-refractivity contribution in [3.8, 4) is 17.1 Å². The van der Waals surface area contributed by atoms with Crippen LogP contribution in [0.15, 0.2) is 41.4 Å². The number of nitrogens with zero attached hydrogens (tertiary/aromatic N) is 3. The molecule has 2 aromatic rings. The number of ether oxygens (including phenoxy) is 1. The van der Waals surface area contributed by atoms with E-state index >= 15 is 0 Å². The standard InChI is InChI=1S/C20H25N3O3.BH3/c1-3-6-16-18(24)20(9-11-23(16)12-10-20)13-25-17-8-5-4-7-15(17)19-21-14(2)26-22-19;/h3-5,7-8,16,18,24H,1,6,9-13H2,2H3;1H3. The lowest BCUT2D eigenvalue weighted by atomic mass is 9.66. The van der Waals surface area contributed by atoms with Gasteiger partial charge in [-0.1, -0.05) is 23.4 Å². The number of fused-ring (bicyclic) bond motifs is 3. The normalized spacial score (nSPS) is 29.2. The summed E-state index contributed by atoms with van der Waals surface area (Å²) in [4.78, 5) is 6.69. The lowest BCUT2D eigenvalue weighted by Gasteiger charge is -2.55. The molecule has 27 heavy (non-hydrogen) atoms. The summed E-state index contributed by atoms with van der Waals surface area (Å²) < 4.78 is 11.3. The van der Waals surface area contributed by atoms with Crippen molar-refractivity contribution in [1.82, 2.24) is 15.0 Å². The highest BCUT2D eigenvalue weighted by Crippen LogP contribution is 2.45. The molecule has 6 nitrogen and oxygen atoms in total. The van der Waals surface area contributed by atoms with Gasteiger partial charge in [0.05, 0.1) is 26.7 Å². The van der Waals surface area contributed by atoms with Gasteiger partial charge in [-0.15, -0.1) is 6.58 Å². The van der Waals surface area contributed by atoms with Crippen molar-refractivity contribution in [1.29, 1.82) is 0 Å². The lowest BCUT2D eigenvalue weighted by Crippen LogP contribution is -2.64. The zero-order chi connectivity index (χ0) is 18.1. The molecule has 0 amide bonds. The number of hydrogen-bond donors (Lipinski definition) is 1. The molecule has 2 unspecified atom stereocenters. The third-order valence-electron chi connectivity index (χ3n) is 5.83. The van der Waals surface area contributed by atoms with Gasteiger partial charge in [0.15, 0.2) is 0 Å².